The Balaban J connectivity index is 2.38. The van der Waals surface area contributed by atoms with Crippen LogP contribution in [0.4, 0.5) is 0 Å². The maximum Gasteiger partial charge on any atom is 0.251 e. The number of amides is 2. The average molecular weight is 287 g/mol. The van der Waals surface area contributed by atoms with E-state index >= 15 is 0 Å². The largest absolute Gasteiger partial charge is 0.368 e. The summed E-state index contributed by atoms with van der Waals surface area (Å²) in [6.45, 7) is 0.523. The van der Waals surface area contributed by atoms with E-state index in [9.17, 15) is 9.59 Å². The van der Waals surface area contributed by atoms with E-state index in [1.54, 1.807) is 12.1 Å². The van der Waals surface area contributed by atoms with E-state index in [0.29, 0.717) is 24.9 Å². The normalized spacial score (nSPS) is 11.4. The highest BCUT2D eigenvalue weighted by atomic mass is 16.2. The molecule has 2 amide bonds. The minimum Gasteiger partial charge on any atom is -0.368 e. The second-order valence-corrected chi connectivity index (χ2v) is 4.80. The van der Waals surface area contributed by atoms with Crippen molar-refractivity contribution in [3.8, 4) is 12.3 Å². The molecule has 5 nitrogen and oxygen atoms in total. The van der Waals surface area contributed by atoms with Gasteiger partial charge in [-0.1, -0.05) is 18.2 Å². The molecule has 1 atom stereocenters. The van der Waals surface area contributed by atoms with Gasteiger partial charge in [0.15, 0.2) is 0 Å². The Kier molecular flexibility index (Phi) is 6.99. The van der Waals surface area contributed by atoms with Crippen molar-refractivity contribution in [1.29, 1.82) is 0 Å². The van der Waals surface area contributed by atoms with Crippen LogP contribution in [0.15, 0.2) is 24.3 Å². The van der Waals surface area contributed by atoms with Gasteiger partial charge in [-0.05, 0) is 30.9 Å². The molecule has 1 aromatic rings. The molecule has 0 aliphatic heterocycles. The minimum atomic E-state index is -0.614. The molecular formula is C16H21N3O2. The predicted octanol–water partition coefficient (Wildman–Crippen LogP) is 0.575. The second-order valence-electron chi connectivity index (χ2n) is 4.80. The lowest BCUT2D eigenvalue weighted by atomic mass is 10.0. The molecule has 0 saturated carbocycles. The molecule has 0 heterocycles. The number of hydrogen-bond acceptors (Lipinski definition) is 3. The fraction of sp³-hybridized carbons (Fsp3) is 0.375. The zero-order valence-corrected chi connectivity index (χ0v) is 12.0. The van der Waals surface area contributed by atoms with E-state index in [1.807, 2.05) is 12.1 Å². The fourth-order valence-electron chi connectivity index (χ4n) is 1.93. The molecule has 0 aliphatic carbocycles. The fourth-order valence-corrected chi connectivity index (χ4v) is 1.93. The van der Waals surface area contributed by atoms with Gasteiger partial charge in [0.25, 0.3) is 5.91 Å². The Morgan fingerprint density at radius 2 is 2.00 bits per heavy atom. The molecular weight excluding hydrogens is 266 g/mol. The smallest absolute Gasteiger partial charge is 0.251 e. The van der Waals surface area contributed by atoms with Crippen molar-refractivity contribution in [2.24, 2.45) is 11.5 Å². The van der Waals surface area contributed by atoms with Gasteiger partial charge in [0.2, 0.25) is 5.91 Å². The number of hydrogen-bond donors (Lipinski definition) is 3. The summed E-state index contributed by atoms with van der Waals surface area (Å²) in [4.78, 5) is 22.8. The zero-order valence-electron chi connectivity index (χ0n) is 12.0. The van der Waals surface area contributed by atoms with Gasteiger partial charge in [0.1, 0.15) is 0 Å². The van der Waals surface area contributed by atoms with Gasteiger partial charge in [-0.2, -0.15) is 0 Å². The molecule has 0 saturated heterocycles. The predicted molar refractivity (Wildman–Crippen MR) is 82.3 cm³/mol. The number of benzene rings is 1. The molecule has 0 fully saturated rings. The zero-order chi connectivity index (χ0) is 15.7. The topological polar surface area (TPSA) is 98.2 Å². The standard InChI is InChI=1S/C16H21N3O2/c1-2-7-12-8-3-4-9-13(12)16(21)19-11-6-5-10-14(17)15(18)20/h1,3-4,8-9,14H,5-7,10-11,17H2,(H2,18,20)(H,19,21)/t14-/m0/s1. The van der Waals surface area contributed by atoms with E-state index in [2.05, 4.69) is 11.2 Å². The van der Waals surface area contributed by atoms with Crippen LogP contribution in [-0.4, -0.2) is 24.4 Å². The van der Waals surface area contributed by atoms with Crippen LogP contribution in [0.25, 0.3) is 0 Å². The molecule has 0 bridgehead atoms. The first kappa shape index (κ1) is 16.7. The van der Waals surface area contributed by atoms with Crippen LogP contribution in [0.5, 0.6) is 0 Å². The molecule has 0 aromatic heterocycles. The van der Waals surface area contributed by atoms with E-state index in [0.717, 1.165) is 18.4 Å². The highest BCUT2D eigenvalue weighted by Crippen LogP contribution is 2.09. The maximum atomic E-state index is 12.1. The highest BCUT2D eigenvalue weighted by Gasteiger charge is 2.10. The monoisotopic (exact) mass is 287 g/mol. The van der Waals surface area contributed by atoms with Crippen molar-refractivity contribution >= 4 is 11.8 Å². The Bertz CT molecular complexity index is 535. The molecule has 1 rings (SSSR count). The number of carbonyl (C=O) groups excluding carboxylic acids is 2. The highest BCUT2D eigenvalue weighted by molar-refractivity contribution is 5.95. The molecule has 0 spiro atoms. The third-order valence-electron chi connectivity index (χ3n) is 3.15. The van der Waals surface area contributed by atoms with Crippen molar-refractivity contribution in [3.05, 3.63) is 35.4 Å². The van der Waals surface area contributed by atoms with Crippen LogP contribution < -0.4 is 16.8 Å². The molecule has 112 valence electrons. The van der Waals surface area contributed by atoms with Gasteiger partial charge in [-0.15, -0.1) is 12.3 Å². The lowest BCUT2D eigenvalue weighted by molar-refractivity contribution is -0.119. The molecule has 0 radical (unpaired) electrons. The van der Waals surface area contributed by atoms with Crippen LogP contribution in [0, 0.1) is 12.3 Å². The number of terminal acetylenes is 1. The number of unbranched alkanes of at least 4 members (excludes halogenated alkanes) is 1. The number of carbonyl (C=O) groups is 2. The Morgan fingerprint density at radius 3 is 2.67 bits per heavy atom. The molecule has 1 aromatic carbocycles. The Labute approximate surface area is 125 Å². The lowest BCUT2D eigenvalue weighted by Gasteiger charge is -2.09. The molecule has 5 N–H and O–H groups in total. The third-order valence-corrected chi connectivity index (χ3v) is 3.15. The van der Waals surface area contributed by atoms with Crippen LogP contribution in [0.2, 0.25) is 0 Å². The summed E-state index contributed by atoms with van der Waals surface area (Å²) < 4.78 is 0. The van der Waals surface area contributed by atoms with Crippen molar-refractivity contribution in [2.45, 2.75) is 31.7 Å². The van der Waals surface area contributed by atoms with Gasteiger partial charge >= 0.3 is 0 Å². The van der Waals surface area contributed by atoms with Gasteiger partial charge in [-0.25, -0.2) is 0 Å². The summed E-state index contributed by atoms with van der Waals surface area (Å²) in [5, 5.41) is 2.84. The molecule has 0 aliphatic rings. The number of rotatable bonds is 8. The van der Waals surface area contributed by atoms with E-state index in [1.165, 1.54) is 0 Å². The molecule has 21 heavy (non-hydrogen) atoms. The van der Waals surface area contributed by atoms with Crippen LogP contribution in [0.3, 0.4) is 0 Å². The van der Waals surface area contributed by atoms with Crippen molar-refractivity contribution < 1.29 is 9.59 Å². The Hall–Kier alpha value is -2.32. The number of nitrogens with one attached hydrogen (secondary N) is 1. The van der Waals surface area contributed by atoms with Crippen molar-refractivity contribution in [1.82, 2.24) is 5.32 Å². The SMILES string of the molecule is C#CCc1ccccc1C(=O)NCCCC[C@H](N)C(N)=O. The number of primary amides is 1. The van der Waals surface area contributed by atoms with Crippen LogP contribution in [-0.2, 0) is 11.2 Å². The van der Waals surface area contributed by atoms with Gasteiger partial charge in [0.05, 0.1) is 6.04 Å². The summed E-state index contributed by atoms with van der Waals surface area (Å²) in [7, 11) is 0. The van der Waals surface area contributed by atoms with Crippen LogP contribution in [0.1, 0.15) is 35.2 Å². The van der Waals surface area contributed by atoms with E-state index in [-0.39, 0.29) is 5.91 Å². The summed E-state index contributed by atoms with van der Waals surface area (Å²) in [6.07, 6.45) is 7.72. The van der Waals surface area contributed by atoms with Crippen molar-refractivity contribution in [2.75, 3.05) is 6.54 Å². The third kappa shape index (κ3) is 5.67. The minimum absolute atomic E-state index is 0.139. The summed E-state index contributed by atoms with van der Waals surface area (Å²) in [6, 6.07) is 6.65. The number of nitrogens with two attached hydrogens (primary N) is 2. The quantitative estimate of drug-likeness (QED) is 0.481. The lowest BCUT2D eigenvalue weighted by Crippen LogP contribution is -2.36. The van der Waals surface area contributed by atoms with Crippen LogP contribution >= 0.6 is 0 Å². The second kappa shape index (κ2) is 8.77. The van der Waals surface area contributed by atoms with Gasteiger partial charge in [0, 0.05) is 18.5 Å². The first-order valence-corrected chi connectivity index (χ1v) is 6.90. The Morgan fingerprint density at radius 1 is 1.29 bits per heavy atom. The van der Waals surface area contributed by atoms with E-state index < -0.39 is 11.9 Å². The summed E-state index contributed by atoms with van der Waals surface area (Å²) in [5.41, 5.74) is 12.0. The summed E-state index contributed by atoms with van der Waals surface area (Å²) in [5.74, 6) is 1.90. The maximum absolute atomic E-state index is 12.1. The van der Waals surface area contributed by atoms with Gasteiger partial charge < -0.3 is 16.8 Å². The van der Waals surface area contributed by atoms with Crippen molar-refractivity contribution in [3.63, 3.8) is 0 Å². The molecule has 5 heteroatoms. The first-order valence-electron chi connectivity index (χ1n) is 6.90. The first-order chi connectivity index (χ1) is 10.1. The average Bonchev–Trinajstić information content (AvgIpc) is 2.47. The van der Waals surface area contributed by atoms with E-state index in [4.69, 9.17) is 17.9 Å². The molecule has 0 unspecified atom stereocenters. The van der Waals surface area contributed by atoms with Gasteiger partial charge in [-0.3, -0.25) is 9.59 Å². The summed E-state index contributed by atoms with van der Waals surface area (Å²) >= 11 is 0.